The van der Waals surface area contributed by atoms with Gasteiger partial charge in [0.25, 0.3) is 0 Å². The first-order valence-corrected chi connectivity index (χ1v) is 8.61. The van der Waals surface area contributed by atoms with Crippen LogP contribution in [0.15, 0.2) is 82.0 Å². The Morgan fingerprint density at radius 2 is 1.67 bits per heavy atom. The number of anilines is 1. The van der Waals surface area contributed by atoms with Crippen molar-refractivity contribution < 1.29 is 9.21 Å². The van der Waals surface area contributed by atoms with E-state index in [-0.39, 0.29) is 11.3 Å². The molecule has 0 bridgehead atoms. The zero-order chi connectivity index (χ0) is 18.8. The molecule has 4 heteroatoms. The Morgan fingerprint density at radius 3 is 2.48 bits per heavy atom. The van der Waals surface area contributed by atoms with E-state index in [1.165, 1.54) is 11.6 Å². The van der Waals surface area contributed by atoms with E-state index in [2.05, 4.69) is 5.32 Å². The number of hydrogen-bond donors (Lipinski definition) is 1. The third kappa shape index (κ3) is 3.51. The van der Waals surface area contributed by atoms with Gasteiger partial charge in [-0.25, -0.2) is 0 Å². The summed E-state index contributed by atoms with van der Waals surface area (Å²) in [6, 6.07) is 20.1. The number of aryl methyl sites for hydroxylation is 1. The van der Waals surface area contributed by atoms with Crippen LogP contribution in [0.25, 0.3) is 28.0 Å². The molecule has 1 amide bonds. The van der Waals surface area contributed by atoms with Crippen LogP contribution in [0.4, 0.5) is 5.69 Å². The van der Waals surface area contributed by atoms with Crippen molar-refractivity contribution in [2.75, 3.05) is 5.32 Å². The third-order valence-corrected chi connectivity index (χ3v) is 4.35. The zero-order valence-electron chi connectivity index (χ0n) is 14.7. The van der Waals surface area contributed by atoms with Gasteiger partial charge < -0.3 is 9.73 Å². The molecule has 1 heterocycles. The maximum absolute atomic E-state index is 12.5. The predicted octanol–water partition coefficient (Wildman–Crippen LogP) is 4.91. The highest BCUT2D eigenvalue weighted by atomic mass is 16.3. The molecule has 0 aliphatic carbocycles. The van der Waals surface area contributed by atoms with Gasteiger partial charge in [0.2, 0.25) is 11.3 Å². The van der Waals surface area contributed by atoms with Crippen LogP contribution in [0.3, 0.4) is 0 Å². The van der Waals surface area contributed by atoms with Gasteiger partial charge in [0, 0.05) is 17.8 Å². The summed E-state index contributed by atoms with van der Waals surface area (Å²) in [6.07, 6.45) is 3.23. The first kappa shape index (κ1) is 16.8. The van der Waals surface area contributed by atoms with Gasteiger partial charge in [-0.15, -0.1) is 0 Å². The normalized spacial score (nSPS) is 11.3. The molecule has 0 atom stereocenters. The Bertz CT molecular complexity index is 1230. The fraction of sp³-hybridized carbons (Fsp3) is 0.0435. The smallest absolute Gasteiger partial charge is 0.248 e. The largest absolute Gasteiger partial charge is 0.456 e. The van der Waals surface area contributed by atoms with Crippen LogP contribution in [-0.4, -0.2) is 5.91 Å². The number of para-hydroxylation sites is 1. The van der Waals surface area contributed by atoms with E-state index < -0.39 is 0 Å². The minimum absolute atomic E-state index is 0.0796. The molecule has 0 saturated carbocycles. The molecule has 0 fully saturated rings. The van der Waals surface area contributed by atoms with Crippen molar-refractivity contribution in [1.82, 2.24) is 0 Å². The van der Waals surface area contributed by atoms with Gasteiger partial charge in [0.05, 0.1) is 10.8 Å². The molecule has 0 saturated heterocycles. The highest BCUT2D eigenvalue weighted by Crippen LogP contribution is 2.21. The van der Waals surface area contributed by atoms with Crippen molar-refractivity contribution in [2.24, 2.45) is 0 Å². The Labute approximate surface area is 155 Å². The molecular weight excluding hydrogens is 338 g/mol. The molecule has 132 valence electrons. The SMILES string of the molecule is Cc1ccc(/C=C/C(=O)Nc2ccc3c(=O)c4ccccc4oc3c2)cc1. The number of rotatable bonds is 3. The molecule has 1 N–H and O–H groups in total. The van der Waals surface area contributed by atoms with E-state index >= 15 is 0 Å². The molecular formula is C23H17NO3. The van der Waals surface area contributed by atoms with Crippen molar-refractivity contribution in [3.63, 3.8) is 0 Å². The summed E-state index contributed by atoms with van der Waals surface area (Å²) in [5.74, 6) is -0.252. The quantitative estimate of drug-likeness (QED) is 0.420. The maximum atomic E-state index is 12.5. The Balaban J connectivity index is 1.60. The van der Waals surface area contributed by atoms with Crippen molar-refractivity contribution in [3.8, 4) is 0 Å². The van der Waals surface area contributed by atoms with Crippen molar-refractivity contribution in [2.45, 2.75) is 6.92 Å². The van der Waals surface area contributed by atoms with Gasteiger partial charge in [0.1, 0.15) is 11.2 Å². The van der Waals surface area contributed by atoms with Gasteiger partial charge in [-0.05, 0) is 42.8 Å². The monoisotopic (exact) mass is 355 g/mol. The second-order valence-electron chi connectivity index (χ2n) is 6.37. The second-order valence-corrected chi connectivity index (χ2v) is 6.37. The summed E-state index contributed by atoms with van der Waals surface area (Å²) in [5, 5.41) is 3.83. The van der Waals surface area contributed by atoms with E-state index in [4.69, 9.17) is 4.42 Å². The lowest BCUT2D eigenvalue weighted by molar-refractivity contribution is -0.111. The molecule has 4 nitrogen and oxygen atoms in total. The number of carbonyl (C=O) groups is 1. The third-order valence-electron chi connectivity index (χ3n) is 4.35. The Hall–Kier alpha value is -3.66. The van der Waals surface area contributed by atoms with Gasteiger partial charge in [-0.3, -0.25) is 9.59 Å². The zero-order valence-corrected chi connectivity index (χ0v) is 14.7. The highest BCUT2D eigenvalue weighted by Gasteiger charge is 2.08. The first-order valence-electron chi connectivity index (χ1n) is 8.61. The number of nitrogens with one attached hydrogen (secondary N) is 1. The molecule has 0 unspecified atom stereocenters. The van der Waals surface area contributed by atoms with Crippen molar-refractivity contribution in [1.29, 1.82) is 0 Å². The predicted molar refractivity (Wildman–Crippen MR) is 109 cm³/mol. The molecule has 27 heavy (non-hydrogen) atoms. The number of benzene rings is 3. The van der Waals surface area contributed by atoms with E-state index in [9.17, 15) is 9.59 Å². The Kier molecular flexibility index (Phi) is 4.30. The summed E-state index contributed by atoms with van der Waals surface area (Å²) in [7, 11) is 0. The minimum atomic E-state index is -0.252. The standard InChI is InChI=1S/C23H17NO3/c1-15-6-8-16(9-7-15)10-13-22(25)24-17-11-12-19-21(14-17)27-20-5-3-2-4-18(20)23(19)26/h2-14H,1H3,(H,24,25)/b13-10+. The van der Waals surface area contributed by atoms with Crippen molar-refractivity contribution in [3.05, 3.63) is 94.2 Å². The molecule has 4 aromatic rings. The second kappa shape index (κ2) is 6.92. The lowest BCUT2D eigenvalue weighted by atomic mass is 10.1. The lowest BCUT2D eigenvalue weighted by Crippen LogP contribution is -2.08. The number of fused-ring (bicyclic) bond motifs is 2. The van der Waals surface area contributed by atoms with E-state index in [0.717, 1.165) is 5.56 Å². The summed E-state index contributed by atoms with van der Waals surface area (Å²) < 4.78 is 5.82. The fourth-order valence-electron chi connectivity index (χ4n) is 2.91. The highest BCUT2D eigenvalue weighted by molar-refractivity contribution is 6.03. The molecule has 1 aromatic heterocycles. The van der Waals surface area contributed by atoms with Crippen LogP contribution in [0.5, 0.6) is 0 Å². The van der Waals surface area contributed by atoms with Crippen LogP contribution in [0.1, 0.15) is 11.1 Å². The average molecular weight is 355 g/mol. The van der Waals surface area contributed by atoms with E-state index in [0.29, 0.717) is 27.6 Å². The summed E-state index contributed by atoms with van der Waals surface area (Å²) in [6.45, 7) is 2.02. The average Bonchev–Trinajstić information content (AvgIpc) is 2.68. The van der Waals surface area contributed by atoms with Crippen LogP contribution < -0.4 is 10.7 Å². The summed E-state index contributed by atoms with van der Waals surface area (Å²) >= 11 is 0. The first-order chi connectivity index (χ1) is 13.1. The number of amides is 1. The molecule has 0 spiro atoms. The van der Waals surface area contributed by atoms with Crippen LogP contribution in [-0.2, 0) is 4.79 Å². The number of carbonyl (C=O) groups excluding carboxylic acids is 1. The van der Waals surface area contributed by atoms with Crippen LogP contribution >= 0.6 is 0 Å². The molecule has 0 radical (unpaired) electrons. The van der Waals surface area contributed by atoms with Crippen LogP contribution in [0, 0.1) is 6.92 Å². The van der Waals surface area contributed by atoms with Gasteiger partial charge in [0.15, 0.2) is 0 Å². The molecule has 4 rings (SSSR count). The maximum Gasteiger partial charge on any atom is 0.248 e. The topological polar surface area (TPSA) is 59.3 Å². The summed E-state index contributed by atoms with van der Waals surface area (Å²) in [5.41, 5.74) is 3.58. The van der Waals surface area contributed by atoms with E-state index in [1.54, 1.807) is 42.5 Å². The van der Waals surface area contributed by atoms with Crippen LogP contribution in [0.2, 0.25) is 0 Å². The molecule has 0 aliphatic rings. The van der Waals surface area contributed by atoms with Crippen molar-refractivity contribution >= 4 is 39.6 Å². The Morgan fingerprint density at radius 1 is 0.926 bits per heavy atom. The fourth-order valence-corrected chi connectivity index (χ4v) is 2.91. The molecule has 3 aromatic carbocycles. The van der Waals surface area contributed by atoms with Gasteiger partial charge in [-0.1, -0.05) is 42.0 Å². The van der Waals surface area contributed by atoms with Gasteiger partial charge >= 0.3 is 0 Å². The lowest BCUT2D eigenvalue weighted by Gasteiger charge is -2.05. The molecule has 0 aliphatic heterocycles. The minimum Gasteiger partial charge on any atom is -0.456 e. The summed E-state index contributed by atoms with van der Waals surface area (Å²) in [4.78, 5) is 24.7. The van der Waals surface area contributed by atoms with E-state index in [1.807, 2.05) is 37.3 Å². The number of hydrogen-bond acceptors (Lipinski definition) is 3. The van der Waals surface area contributed by atoms with Gasteiger partial charge in [-0.2, -0.15) is 0 Å².